The third-order valence-electron chi connectivity index (χ3n) is 4.70. The standard InChI is InChI=1S/C25H23BrO6/c1-15(27)30-23-21(11-7-10-18-8-5-4-6-9-18)25(32-17(3)29)24(31-16(2)28)20-13-12-19(26)14-22(20)23/h4-6,8-9,12-14H,7,10-11H2,1-3H3. The fraction of sp³-hybridized carbons (Fsp3) is 0.240. The summed E-state index contributed by atoms with van der Waals surface area (Å²) in [6, 6.07) is 15.2. The van der Waals surface area contributed by atoms with Crippen LogP contribution in [0.4, 0.5) is 0 Å². The maximum Gasteiger partial charge on any atom is 0.308 e. The Morgan fingerprint density at radius 3 is 1.94 bits per heavy atom. The van der Waals surface area contributed by atoms with Crippen molar-refractivity contribution < 1.29 is 28.6 Å². The number of fused-ring (bicyclic) bond motifs is 1. The van der Waals surface area contributed by atoms with Crippen LogP contribution in [0.15, 0.2) is 53.0 Å². The van der Waals surface area contributed by atoms with Crippen molar-refractivity contribution in [3.63, 3.8) is 0 Å². The van der Waals surface area contributed by atoms with Gasteiger partial charge in [-0.1, -0.05) is 46.3 Å². The van der Waals surface area contributed by atoms with Crippen LogP contribution in [0.2, 0.25) is 0 Å². The second-order valence-electron chi connectivity index (χ2n) is 7.28. The highest BCUT2D eigenvalue weighted by Gasteiger charge is 2.26. The van der Waals surface area contributed by atoms with Crippen LogP contribution in [0.1, 0.15) is 38.3 Å². The summed E-state index contributed by atoms with van der Waals surface area (Å²) >= 11 is 3.44. The third-order valence-corrected chi connectivity index (χ3v) is 5.19. The molecule has 0 aliphatic rings. The lowest BCUT2D eigenvalue weighted by Crippen LogP contribution is -2.13. The van der Waals surface area contributed by atoms with E-state index in [1.807, 2.05) is 30.3 Å². The van der Waals surface area contributed by atoms with E-state index in [-0.39, 0.29) is 17.2 Å². The molecule has 0 aliphatic carbocycles. The molecule has 3 rings (SSSR count). The quantitative estimate of drug-likeness (QED) is 0.313. The SMILES string of the molecule is CC(=O)Oc1c(CCCc2ccccc2)c(OC(C)=O)c2cc(Br)ccc2c1OC(C)=O. The van der Waals surface area contributed by atoms with Crippen LogP contribution in [0.25, 0.3) is 10.8 Å². The number of hydrogen-bond acceptors (Lipinski definition) is 6. The summed E-state index contributed by atoms with van der Waals surface area (Å²) in [7, 11) is 0. The Morgan fingerprint density at radius 1 is 0.719 bits per heavy atom. The van der Waals surface area contributed by atoms with Gasteiger partial charge in [-0.15, -0.1) is 0 Å². The van der Waals surface area contributed by atoms with Crippen molar-refractivity contribution in [2.45, 2.75) is 40.0 Å². The van der Waals surface area contributed by atoms with Crippen LogP contribution < -0.4 is 14.2 Å². The van der Waals surface area contributed by atoms with Gasteiger partial charge in [0.05, 0.1) is 0 Å². The Labute approximate surface area is 194 Å². The van der Waals surface area contributed by atoms with E-state index >= 15 is 0 Å². The van der Waals surface area contributed by atoms with E-state index in [1.54, 1.807) is 18.2 Å². The Hall–Kier alpha value is -3.19. The lowest BCUT2D eigenvalue weighted by molar-refractivity contribution is -0.134. The van der Waals surface area contributed by atoms with Gasteiger partial charge < -0.3 is 14.2 Å². The Balaban J connectivity index is 2.21. The molecular weight excluding hydrogens is 476 g/mol. The summed E-state index contributed by atoms with van der Waals surface area (Å²) in [5, 5.41) is 1.05. The number of ether oxygens (including phenoxy) is 3. The topological polar surface area (TPSA) is 78.9 Å². The third kappa shape index (κ3) is 5.73. The van der Waals surface area contributed by atoms with Gasteiger partial charge >= 0.3 is 17.9 Å². The fourth-order valence-corrected chi connectivity index (χ4v) is 3.89. The molecule has 7 heteroatoms. The molecule has 0 amide bonds. The van der Waals surface area contributed by atoms with Gasteiger partial charge in [0.1, 0.15) is 5.75 Å². The molecule has 0 N–H and O–H groups in total. The van der Waals surface area contributed by atoms with Gasteiger partial charge in [-0.25, -0.2) is 0 Å². The molecule has 3 aromatic carbocycles. The van der Waals surface area contributed by atoms with Crippen molar-refractivity contribution >= 4 is 44.6 Å². The van der Waals surface area contributed by atoms with Crippen LogP contribution in [0, 0.1) is 0 Å². The highest BCUT2D eigenvalue weighted by molar-refractivity contribution is 9.10. The molecule has 0 saturated carbocycles. The van der Waals surface area contributed by atoms with Crippen LogP contribution >= 0.6 is 15.9 Å². The van der Waals surface area contributed by atoms with Gasteiger partial charge in [0.15, 0.2) is 11.5 Å². The first-order valence-corrected chi connectivity index (χ1v) is 10.9. The molecule has 0 heterocycles. The van der Waals surface area contributed by atoms with Crippen LogP contribution in [0.3, 0.4) is 0 Å². The number of aryl methyl sites for hydroxylation is 1. The summed E-state index contributed by atoms with van der Waals surface area (Å²) in [5.74, 6) is -1.14. The maximum atomic E-state index is 12.0. The van der Waals surface area contributed by atoms with Crippen molar-refractivity contribution in [3.05, 3.63) is 64.1 Å². The zero-order chi connectivity index (χ0) is 23.3. The van der Waals surface area contributed by atoms with Crippen molar-refractivity contribution in [2.24, 2.45) is 0 Å². The van der Waals surface area contributed by atoms with Gasteiger partial charge in [-0.05, 0) is 43.0 Å². The molecule has 3 aromatic rings. The van der Waals surface area contributed by atoms with Gasteiger partial charge in [-0.3, -0.25) is 14.4 Å². The minimum atomic E-state index is -0.576. The maximum absolute atomic E-state index is 12.0. The van der Waals surface area contributed by atoms with Gasteiger partial charge in [0, 0.05) is 41.6 Å². The van der Waals surface area contributed by atoms with E-state index in [2.05, 4.69) is 15.9 Å². The molecule has 0 radical (unpaired) electrons. The highest BCUT2D eigenvalue weighted by Crippen LogP contribution is 2.47. The zero-order valence-corrected chi connectivity index (χ0v) is 19.7. The average Bonchev–Trinajstić information content (AvgIpc) is 2.72. The molecule has 0 saturated heterocycles. The number of rotatable bonds is 7. The number of halogens is 1. The lowest BCUT2D eigenvalue weighted by atomic mass is 9.97. The minimum Gasteiger partial charge on any atom is -0.426 e. The summed E-state index contributed by atoms with van der Waals surface area (Å²) < 4.78 is 17.4. The monoisotopic (exact) mass is 498 g/mol. The Bertz CT molecular complexity index is 1170. The first-order valence-electron chi connectivity index (χ1n) is 10.1. The second-order valence-corrected chi connectivity index (χ2v) is 8.19. The van der Waals surface area contributed by atoms with E-state index in [4.69, 9.17) is 14.2 Å². The fourth-order valence-electron chi connectivity index (χ4n) is 3.53. The molecule has 0 fully saturated rings. The number of hydrogen-bond donors (Lipinski definition) is 0. The molecule has 0 bridgehead atoms. The first kappa shape index (κ1) is 23.5. The first-order chi connectivity index (χ1) is 15.3. The lowest BCUT2D eigenvalue weighted by Gasteiger charge is -2.20. The average molecular weight is 499 g/mol. The zero-order valence-electron chi connectivity index (χ0n) is 18.1. The van der Waals surface area contributed by atoms with E-state index in [1.165, 1.54) is 20.8 Å². The largest absolute Gasteiger partial charge is 0.426 e. The summed E-state index contributed by atoms with van der Waals surface area (Å²) in [6.07, 6.45) is 1.88. The molecule has 0 aliphatic heterocycles. The summed E-state index contributed by atoms with van der Waals surface area (Å²) in [5.41, 5.74) is 1.65. The number of carbonyl (C=O) groups excluding carboxylic acids is 3. The van der Waals surface area contributed by atoms with E-state index in [0.717, 1.165) is 16.5 Å². The van der Waals surface area contributed by atoms with Crippen molar-refractivity contribution in [2.75, 3.05) is 0 Å². The predicted molar refractivity (Wildman–Crippen MR) is 124 cm³/mol. The summed E-state index contributed by atoms with van der Waals surface area (Å²) in [4.78, 5) is 35.8. The predicted octanol–water partition coefficient (Wildman–Crippen LogP) is 5.55. The van der Waals surface area contributed by atoms with Gasteiger partial charge in [0.2, 0.25) is 0 Å². The Morgan fingerprint density at radius 2 is 1.31 bits per heavy atom. The molecule has 32 heavy (non-hydrogen) atoms. The van der Waals surface area contributed by atoms with Gasteiger partial charge in [0.25, 0.3) is 0 Å². The molecule has 6 nitrogen and oxygen atoms in total. The van der Waals surface area contributed by atoms with E-state index in [0.29, 0.717) is 29.2 Å². The highest BCUT2D eigenvalue weighted by atomic mass is 79.9. The Kier molecular flexibility index (Phi) is 7.64. The van der Waals surface area contributed by atoms with Crippen molar-refractivity contribution in [3.8, 4) is 17.2 Å². The molecular formula is C25H23BrO6. The summed E-state index contributed by atoms with van der Waals surface area (Å²) in [6.45, 7) is 3.85. The van der Waals surface area contributed by atoms with Crippen molar-refractivity contribution in [1.29, 1.82) is 0 Å². The molecule has 0 unspecified atom stereocenters. The van der Waals surface area contributed by atoms with Crippen LogP contribution in [-0.4, -0.2) is 17.9 Å². The number of esters is 3. The smallest absolute Gasteiger partial charge is 0.308 e. The molecule has 0 aromatic heterocycles. The van der Waals surface area contributed by atoms with Crippen LogP contribution in [0.5, 0.6) is 17.2 Å². The van der Waals surface area contributed by atoms with Gasteiger partial charge in [-0.2, -0.15) is 0 Å². The number of benzene rings is 3. The van der Waals surface area contributed by atoms with E-state index in [9.17, 15) is 14.4 Å². The second kappa shape index (κ2) is 10.4. The van der Waals surface area contributed by atoms with Crippen LogP contribution in [-0.2, 0) is 27.2 Å². The molecule has 0 atom stereocenters. The molecule has 166 valence electrons. The van der Waals surface area contributed by atoms with E-state index < -0.39 is 17.9 Å². The normalized spacial score (nSPS) is 10.6. The molecule has 0 spiro atoms. The minimum absolute atomic E-state index is 0.0897. The van der Waals surface area contributed by atoms with Crippen molar-refractivity contribution in [1.82, 2.24) is 0 Å². The number of carbonyl (C=O) groups is 3.